The highest BCUT2D eigenvalue weighted by atomic mass is 19.1. The zero-order chi connectivity index (χ0) is 24.6. The molecule has 1 atom stereocenters. The van der Waals surface area contributed by atoms with Gasteiger partial charge in [-0.05, 0) is 18.2 Å². The van der Waals surface area contributed by atoms with Gasteiger partial charge >= 0.3 is 0 Å². The number of anilines is 2. The maximum Gasteiger partial charge on any atom is 0.232 e. The fraction of sp³-hybridized carbons (Fsp3) is 0.333. The lowest BCUT2D eigenvalue weighted by Gasteiger charge is -2.26. The lowest BCUT2D eigenvalue weighted by atomic mass is 9.95. The van der Waals surface area contributed by atoms with Crippen LogP contribution in [0.25, 0.3) is 11.5 Å². The van der Waals surface area contributed by atoms with E-state index < -0.39 is 5.41 Å². The lowest BCUT2D eigenvalue weighted by molar-refractivity contribution is -0.125. The Bertz CT molecular complexity index is 1250. The number of nitrogens with zero attached hydrogens (tertiary/aromatic N) is 6. The number of hydroxylamine groups is 2. The van der Waals surface area contributed by atoms with E-state index in [1.807, 2.05) is 32.9 Å². The molecule has 0 saturated carbocycles. The molecule has 0 radical (unpaired) electrons. The highest BCUT2D eigenvalue weighted by molar-refractivity contribution is 5.98. The van der Waals surface area contributed by atoms with Crippen LogP contribution in [0.5, 0.6) is 0 Å². The van der Waals surface area contributed by atoms with Crippen molar-refractivity contribution in [2.24, 2.45) is 5.41 Å². The van der Waals surface area contributed by atoms with Crippen molar-refractivity contribution < 1.29 is 14.0 Å². The predicted molar refractivity (Wildman–Crippen MR) is 127 cm³/mol. The molecule has 1 aromatic carbocycles. The molecule has 1 aliphatic rings. The van der Waals surface area contributed by atoms with Gasteiger partial charge in [-0.3, -0.25) is 9.48 Å². The van der Waals surface area contributed by atoms with Crippen LogP contribution >= 0.6 is 0 Å². The molecule has 0 bridgehead atoms. The number of halogens is 1. The smallest absolute Gasteiger partial charge is 0.232 e. The third kappa shape index (κ3) is 4.49. The Balaban J connectivity index is 1.71. The number of hydrogen-bond acceptors (Lipinski definition) is 7. The lowest BCUT2D eigenvalue weighted by Crippen LogP contribution is -2.37. The average Bonchev–Trinajstić information content (AvgIpc) is 3.39. The largest absolute Gasteiger partial charge is 0.413 e. The quantitative estimate of drug-likeness (QED) is 0.615. The fourth-order valence-electron chi connectivity index (χ4n) is 3.75. The summed E-state index contributed by atoms with van der Waals surface area (Å²) in [7, 11) is 3.45. The molecule has 3 heterocycles. The summed E-state index contributed by atoms with van der Waals surface area (Å²) >= 11 is 0. The number of aromatic nitrogens is 4. The van der Waals surface area contributed by atoms with Crippen LogP contribution in [0.1, 0.15) is 38.1 Å². The molecule has 0 saturated heterocycles. The molecule has 0 aliphatic carbocycles. The summed E-state index contributed by atoms with van der Waals surface area (Å²) in [6.07, 6.45) is 4.99. The van der Waals surface area contributed by atoms with Gasteiger partial charge in [0.1, 0.15) is 29.5 Å². The Kier molecular flexibility index (Phi) is 6.09. The summed E-state index contributed by atoms with van der Waals surface area (Å²) in [5, 5.41) is 6.33. The van der Waals surface area contributed by atoms with Crippen molar-refractivity contribution in [3.05, 3.63) is 65.9 Å². The minimum absolute atomic E-state index is 0.108. The molecule has 34 heavy (non-hydrogen) atoms. The molecule has 9 nitrogen and oxygen atoms in total. The van der Waals surface area contributed by atoms with E-state index in [1.165, 1.54) is 17.2 Å². The zero-order valence-electron chi connectivity index (χ0n) is 19.9. The van der Waals surface area contributed by atoms with Crippen molar-refractivity contribution >= 4 is 17.4 Å². The minimum Gasteiger partial charge on any atom is -0.413 e. The predicted octanol–water partition coefficient (Wildman–Crippen LogP) is 3.55. The molecular weight excluding hydrogens is 437 g/mol. The minimum atomic E-state index is -0.580. The van der Waals surface area contributed by atoms with Crippen molar-refractivity contribution in [3.63, 3.8) is 0 Å². The second kappa shape index (κ2) is 8.86. The first kappa shape index (κ1) is 23.4. The number of carbonyl (C=O) groups excluding carboxylic acids is 1. The Morgan fingerprint density at radius 1 is 1.29 bits per heavy atom. The molecule has 1 amide bonds. The number of rotatable bonds is 5. The number of nitrogen functional groups attached to an aromatic ring is 1. The molecule has 1 aliphatic heterocycles. The average molecular weight is 466 g/mol. The van der Waals surface area contributed by atoms with Crippen molar-refractivity contribution in [3.8, 4) is 11.5 Å². The van der Waals surface area contributed by atoms with Crippen LogP contribution in [0.2, 0.25) is 0 Å². The van der Waals surface area contributed by atoms with Crippen molar-refractivity contribution in [2.45, 2.75) is 33.4 Å². The monoisotopic (exact) mass is 465 g/mol. The van der Waals surface area contributed by atoms with Crippen LogP contribution in [0.4, 0.5) is 15.9 Å². The summed E-state index contributed by atoms with van der Waals surface area (Å²) in [5.74, 6) is 0.0463. The van der Waals surface area contributed by atoms with E-state index in [4.69, 9.17) is 10.6 Å². The number of hydrogen-bond donors (Lipinski definition) is 1. The normalized spacial score (nSPS) is 16.0. The summed E-state index contributed by atoms with van der Waals surface area (Å²) in [5.41, 5.74) is 7.80. The molecule has 2 N–H and O–H groups in total. The Morgan fingerprint density at radius 3 is 2.65 bits per heavy atom. The third-order valence-electron chi connectivity index (χ3n) is 5.61. The van der Waals surface area contributed by atoms with Crippen molar-refractivity contribution in [2.75, 3.05) is 24.7 Å². The van der Waals surface area contributed by atoms with Gasteiger partial charge in [-0.25, -0.2) is 14.4 Å². The molecule has 2 aromatic heterocycles. The molecule has 4 rings (SSSR count). The highest BCUT2D eigenvalue weighted by Gasteiger charge is 2.29. The van der Waals surface area contributed by atoms with E-state index in [9.17, 15) is 9.18 Å². The maximum absolute atomic E-state index is 14.3. The van der Waals surface area contributed by atoms with Gasteiger partial charge in [-0.2, -0.15) is 5.10 Å². The number of likely N-dealkylation sites (N-methyl/N-ethyl adjacent to an activating group) is 1. The first-order chi connectivity index (χ1) is 16.1. The Labute approximate surface area is 197 Å². The van der Waals surface area contributed by atoms with Crippen molar-refractivity contribution in [1.29, 1.82) is 0 Å². The van der Waals surface area contributed by atoms with E-state index >= 15 is 0 Å². The van der Waals surface area contributed by atoms with Gasteiger partial charge in [0.05, 0.1) is 18.4 Å². The van der Waals surface area contributed by atoms with Crippen LogP contribution in [0.3, 0.4) is 0 Å². The van der Waals surface area contributed by atoms with Crippen LogP contribution in [-0.4, -0.2) is 44.8 Å². The van der Waals surface area contributed by atoms with Gasteiger partial charge in [-0.1, -0.05) is 39.0 Å². The number of benzene rings is 1. The summed E-state index contributed by atoms with van der Waals surface area (Å²) in [4.78, 5) is 28.4. The van der Waals surface area contributed by atoms with Gasteiger partial charge in [-0.15, -0.1) is 5.06 Å². The molecule has 0 fully saturated rings. The SMILES string of the molecule is CN(C(=O)C(C)(C)C)c1cnc(-c2cc(C3C=CON3C)n(Cc3ccccc3F)n2)nc1N. The van der Waals surface area contributed by atoms with Gasteiger partial charge < -0.3 is 15.5 Å². The van der Waals surface area contributed by atoms with E-state index in [-0.39, 0.29) is 30.1 Å². The number of amides is 1. The molecule has 178 valence electrons. The fourth-order valence-corrected chi connectivity index (χ4v) is 3.75. The molecular formula is C24H28FN7O2. The standard InChI is InChI=1S/C24H28FN7O2/c1-24(2,3)23(33)30(4)20-13-27-22(28-21(20)26)17-12-19(18-10-11-34-31(18)5)32(29-17)14-15-8-6-7-9-16(15)25/h6-13,18H,14H2,1-5H3,(H2,26,27,28). The van der Waals surface area contributed by atoms with E-state index in [0.29, 0.717) is 22.8 Å². The van der Waals surface area contributed by atoms with Crippen LogP contribution in [0.15, 0.2) is 48.9 Å². The second-order valence-electron chi connectivity index (χ2n) is 9.21. The van der Waals surface area contributed by atoms with E-state index in [0.717, 1.165) is 5.69 Å². The van der Waals surface area contributed by atoms with Crippen LogP contribution in [0, 0.1) is 11.2 Å². The third-order valence-corrected chi connectivity index (χ3v) is 5.61. The first-order valence-electron chi connectivity index (χ1n) is 10.8. The van der Waals surface area contributed by atoms with E-state index in [1.54, 1.807) is 48.3 Å². The maximum atomic E-state index is 14.3. The molecule has 3 aromatic rings. The highest BCUT2D eigenvalue weighted by Crippen LogP contribution is 2.31. The summed E-state index contributed by atoms with van der Waals surface area (Å²) in [6.45, 7) is 5.72. The van der Waals surface area contributed by atoms with Crippen LogP contribution < -0.4 is 10.6 Å². The van der Waals surface area contributed by atoms with Crippen LogP contribution in [-0.2, 0) is 16.2 Å². The van der Waals surface area contributed by atoms with Gasteiger partial charge in [0.15, 0.2) is 11.6 Å². The summed E-state index contributed by atoms with van der Waals surface area (Å²) in [6, 6.07) is 8.18. The number of nitrogens with two attached hydrogens (primary N) is 1. The van der Waals surface area contributed by atoms with Gasteiger partial charge in [0, 0.05) is 25.1 Å². The zero-order valence-corrected chi connectivity index (χ0v) is 19.9. The first-order valence-corrected chi connectivity index (χ1v) is 10.8. The second-order valence-corrected chi connectivity index (χ2v) is 9.21. The number of carbonyl (C=O) groups is 1. The summed E-state index contributed by atoms with van der Waals surface area (Å²) < 4.78 is 16.1. The van der Waals surface area contributed by atoms with Gasteiger partial charge in [0.25, 0.3) is 0 Å². The van der Waals surface area contributed by atoms with Gasteiger partial charge in [0.2, 0.25) is 5.91 Å². The Hall–Kier alpha value is -3.79. The van der Waals surface area contributed by atoms with Crippen molar-refractivity contribution in [1.82, 2.24) is 24.8 Å². The molecule has 10 heteroatoms. The Morgan fingerprint density at radius 2 is 2.03 bits per heavy atom. The van der Waals surface area contributed by atoms with E-state index in [2.05, 4.69) is 15.1 Å². The molecule has 1 unspecified atom stereocenters. The molecule has 0 spiro atoms. The topological polar surface area (TPSA) is 102 Å².